The van der Waals surface area contributed by atoms with Gasteiger partial charge in [0.2, 0.25) is 5.91 Å². The Bertz CT molecular complexity index is 1560. The van der Waals surface area contributed by atoms with Gasteiger partial charge < -0.3 is 14.5 Å². The number of anilines is 1. The van der Waals surface area contributed by atoms with Crippen LogP contribution in [0.15, 0.2) is 40.5 Å². The number of benzene rings is 2. The normalized spacial score (nSPS) is 17.4. The lowest BCUT2D eigenvalue weighted by Gasteiger charge is -2.36. The average Bonchev–Trinajstić information content (AvgIpc) is 2.90. The molecule has 0 spiro atoms. The molecular formula is C26H22F6N4O3S. The van der Waals surface area contributed by atoms with Crippen molar-refractivity contribution in [1.82, 2.24) is 14.5 Å². The molecule has 3 heterocycles. The number of piperazine rings is 1. The molecule has 1 saturated heterocycles. The van der Waals surface area contributed by atoms with Gasteiger partial charge in [-0.15, -0.1) is 11.8 Å². The Hall–Kier alpha value is -3.52. The minimum Gasteiger partial charge on any atom is -0.383 e. The number of carbonyl (C=O) groups excluding carboxylic acids is 1. The number of methoxy groups -OCH3 is 1. The fraction of sp³-hybridized carbons (Fsp3) is 0.346. The first-order chi connectivity index (χ1) is 19.0. The first kappa shape index (κ1) is 28.0. The molecular weight excluding hydrogens is 562 g/mol. The Morgan fingerprint density at radius 3 is 2.35 bits per heavy atom. The third-order valence-corrected chi connectivity index (χ3v) is 8.15. The summed E-state index contributed by atoms with van der Waals surface area (Å²) >= 11 is 0.897. The van der Waals surface area contributed by atoms with Crippen LogP contribution in [-0.2, 0) is 15.7 Å². The highest BCUT2D eigenvalue weighted by molar-refractivity contribution is 7.99. The van der Waals surface area contributed by atoms with E-state index < -0.39 is 52.0 Å². The zero-order valence-corrected chi connectivity index (χ0v) is 21.8. The molecule has 14 heteroatoms. The van der Waals surface area contributed by atoms with Crippen molar-refractivity contribution in [2.45, 2.75) is 17.1 Å². The monoisotopic (exact) mass is 584 g/mol. The molecule has 2 aliphatic heterocycles. The largest absolute Gasteiger partial charge is 0.417 e. The summed E-state index contributed by atoms with van der Waals surface area (Å²) in [7, 11) is 1.40. The second-order valence-corrected chi connectivity index (χ2v) is 10.3. The van der Waals surface area contributed by atoms with Gasteiger partial charge in [0.15, 0.2) is 0 Å². The summed E-state index contributed by atoms with van der Waals surface area (Å²) in [6.45, 7) is 4.23. The molecule has 1 atom stereocenters. The van der Waals surface area contributed by atoms with Crippen molar-refractivity contribution in [2.24, 2.45) is 0 Å². The standard InChI is InChI=1S/C26H22F6N4O3S/c1-3-19(37)34-4-6-35(7-5-34)24-15-10-16(26(30,31)32)20(21-17(28)8-13(27)9-18(21)29)23-22(15)36(25(38)33-24)14(11-39-2)12-40-23/h3,8-10,14H,1,4-7,11-12H2,2H3/t14-/m0/s1. The van der Waals surface area contributed by atoms with E-state index >= 15 is 0 Å². The smallest absolute Gasteiger partial charge is 0.383 e. The van der Waals surface area contributed by atoms with Gasteiger partial charge in [-0.3, -0.25) is 9.36 Å². The van der Waals surface area contributed by atoms with Gasteiger partial charge in [0.25, 0.3) is 0 Å². The van der Waals surface area contributed by atoms with Crippen molar-refractivity contribution < 1.29 is 35.9 Å². The van der Waals surface area contributed by atoms with Crippen LogP contribution in [0.3, 0.4) is 0 Å². The molecule has 5 rings (SSSR count). The van der Waals surface area contributed by atoms with E-state index in [-0.39, 0.29) is 66.1 Å². The zero-order chi connectivity index (χ0) is 28.9. The summed E-state index contributed by atoms with van der Waals surface area (Å²) in [5.41, 5.74) is -3.98. The van der Waals surface area contributed by atoms with Crippen LogP contribution in [0.4, 0.5) is 32.2 Å². The maximum atomic E-state index is 15.0. The number of amides is 1. The first-order valence-electron chi connectivity index (χ1n) is 12.1. The highest BCUT2D eigenvalue weighted by atomic mass is 32.2. The number of rotatable bonds is 5. The number of nitrogens with zero attached hydrogens (tertiary/aromatic N) is 4. The SMILES string of the molecule is C=CC(=O)N1CCN(c2nc(=O)n3c4c(c(-c5c(F)cc(F)cc5F)c(C(F)(F)F)cc24)SC[C@@H]3COC)CC1. The van der Waals surface area contributed by atoms with Crippen LogP contribution in [0.5, 0.6) is 0 Å². The second-order valence-electron chi connectivity index (χ2n) is 9.29. The van der Waals surface area contributed by atoms with Crippen LogP contribution in [-0.4, -0.2) is 66.0 Å². The van der Waals surface area contributed by atoms with Crippen LogP contribution < -0.4 is 10.6 Å². The average molecular weight is 585 g/mol. The molecule has 7 nitrogen and oxygen atoms in total. The summed E-state index contributed by atoms with van der Waals surface area (Å²) in [6.07, 6.45) is -3.93. The highest BCUT2D eigenvalue weighted by Gasteiger charge is 2.41. The van der Waals surface area contributed by atoms with Crippen molar-refractivity contribution in [3.8, 4) is 11.1 Å². The van der Waals surface area contributed by atoms with Gasteiger partial charge in [-0.1, -0.05) is 6.58 Å². The Kier molecular flexibility index (Phi) is 7.33. The molecule has 212 valence electrons. The third-order valence-electron chi connectivity index (χ3n) is 6.92. The molecule has 1 amide bonds. The van der Waals surface area contributed by atoms with Crippen molar-refractivity contribution >= 4 is 34.4 Å². The predicted octanol–water partition coefficient (Wildman–Crippen LogP) is 4.63. The van der Waals surface area contributed by atoms with Crippen molar-refractivity contribution in [3.05, 3.63) is 64.4 Å². The van der Waals surface area contributed by atoms with Crippen LogP contribution in [0.1, 0.15) is 11.6 Å². The minimum atomic E-state index is -5.08. The molecule has 2 aliphatic rings. The maximum absolute atomic E-state index is 15.0. The number of hydrogen-bond acceptors (Lipinski definition) is 6. The third kappa shape index (κ3) is 4.72. The van der Waals surface area contributed by atoms with E-state index in [1.165, 1.54) is 16.6 Å². The van der Waals surface area contributed by atoms with E-state index in [4.69, 9.17) is 4.74 Å². The Labute approximate surface area is 228 Å². The number of thioether (sulfide) groups is 1. The molecule has 1 fully saturated rings. The fourth-order valence-corrected chi connectivity index (χ4v) is 6.47. The van der Waals surface area contributed by atoms with E-state index in [2.05, 4.69) is 11.6 Å². The fourth-order valence-electron chi connectivity index (χ4n) is 5.17. The lowest BCUT2D eigenvalue weighted by Crippen LogP contribution is -2.49. The van der Waals surface area contributed by atoms with E-state index in [0.717, 1.165) is 23.9 Å². The maximum Gasteiger partial charge on any atom is 0.417 e. The second kappa shape index (κ2) is 10.5. The molecule has 0 radical (unpaired) electrons. The van der Waals surface area contributed by atoms with E-state index in [9.17, 15) is 35.9 Å². The van der Waals surface area contributed by atoms with Gasteiger partial charge in [-0.05, 0) is 12.1 Å². The lowest BCUT2D eigenvalue weighted by atomic mass is 9.95. The molecule has 2 aromatic carbocycles. The van der Waals surface area contributed by atoms with Gasteiger partial charge in [-0.2, -0.15) is 18.2 Å². The molecule has 40 heavy (non-hydrogen) atoms. The molecule has 0 saturated carbocycles. The van der Waals surface area contributed by atoms with Crippen LogP contribution in [0, 0.1) is 17.5 Å². The number of aromatic nitrogens is 2. The van der Waals surface area contributed by atoms with Crippen LogP contribution >= 0.6 is 11.8 Å². The van der Waals surface area contributed by atoms with Gasteiger partial charge in [0, 0.05) is 67.0 Å². The highest BCUT2D eigenvalue weighted by Crippen LogP contribution is 2.50. The van der Waals surface area contributed by atoms with Gasteiger partial charge in [0.1, 0.15) is 23.3 Å². The van der Waals surface area contributed by atoms with E-state index in [1.807, 2.05) is 0 Å². The minimum absolute atomic E-state index is 0.0176. The first-order valence-corrected chi connectivity index (χ1v) is 13.1. The summed E-state index contributed by atoms with van der Waals surface area (Å²) in [5, 5.41) is -0.0506. The summed E-state index contributed by atoms with van der Waals surface area (Å²) in [4.78, 5) is 32.5. The van der Waals surface area contributed by atoms with Crippen LogP contribution in [0.2, 0.25) is 0 Å². The molecule has 0 N–H and O–H groups in total. The lowest BCUT2D eigenvalue weighted by molar-refractivity contribution is -0.137. The van der Waals surface area contributed by atoms with Crippen LogP contribution in [0.25, 0.3) is 22.0 Å². The summed E-state index contributed by atoms with van der Waals surface area (Å²) in [6, 6.07) is 0.720. The number of carbonyl (C=O) groups is 1. The molecule has 0 unspecified atom stereocenters. The summed E-state index contributed by atoms with van der Waals surface area (Å²) in [5.74, 6) is -4.60. The number of alkyl halides is 3. The van der Waals surface area contributed by atoms with E-state index in [0.29, 0.717) is 12.1 Å². The zero-order valence-electron chi connectivity index (χ0n) is 21.0. The molecule has 3 aromatic rings. The predicted molar refractivity (Wildman–Crippen MR) is 137 cm³/mol. The van der Waals surface area contributed by atoms with Gasteiger partial charge in [0.05, 0.1) is 29.3 Å². The number of halogens is 6. The molecule has 1 aromatic heterocycles. The molecule has 0 aliphatic carbocycles. The van der Waals surface area contributed by atoms with Crippen molar-refractivity contribution in [2.75, 3.05) is 50.5 Å². The number of hydrogen-bond donors (Lipinski definition) is 0. The Morgan fingerprint density at radius 2 is 1.77 bits per heavy atom. The van der Waals surface area contributed by atoms with E-state index in [1.54, 1.807) is 4.90 Å². The van der Waals surface area contributed by atoms with Gasteiger partial charge >= 0.3 is 11.9 Å². The van der Waals surface area contributed by atoms with Crippen molar-refractivity contribution in [3.63, 3.8) is 0 Å². The van der Waals surface area contributed by atoms with Gasteiger partial charge in [-0.25, -0.2) is 18.0 Å². The summed E-state index contributed by atoms with van der Waals surface area (Å²) < 4.78 is 93.8. The Balaban J connectivity index is 1.84. The molecule has 0 bridgehead atoms. The van der Waals surface area contributed by atoms with Crippen molar-refractivity contribution in [1.29, 1.82) is 0 Å². The quantitative estimate of drug-likeness (QED) is 0.322. The topological polar surface area (TPSA) is 67.7 Å². The number of ether oxygens (including phenoxy) is 1. The Morgan fingerprint density at radius 1 is 1.12 bits per heavy atom.